The Kier molecular flexibility index (Phi) is 4.15. The molecule has 0 spiro atoms. The van der Waals surface area contributed by atoms with Gasteiger partial charge in [-0.05, 0) is 24.1 Å². The predicted octanol–water partition coefficient (Wildman–Crippen LogP) is 2.89. The molecule has 0 saturated heterocycles. The number of nitrogens with one attached hydrogen (secondary N) is 2. The van der Waals surface area contributed by atoms with Gasteiger partial charge in [0.15, 0.2) is 5.69 Å². The second-order valence-corrected chi connectivity index (χ2v) is 5.25. The zero-order valence-corrected chi connectivity index (χ0v) is 12.3. The minimum atomic E-state index is -0.491. The van der Waals surface area contributed by atoms with Gasteiger partial charge in [-0.25, -0.2) is 0 Å². The molecule has 0 aliphatic rings. The summed E-state index contributed by atoms with van der Waals surface area (Å²) in [4.78, 5) is 12.2. The molecule has 1 amide bonds. The molecule has 0 bridgehead atoms. The van der Waals surface area contributed by atoms with Gasteiger partial charge in [-0.3, -0.25) is 9.89 Å². The Labute approximate surface area is 126 Å². The number of carbonyl (C=O) groups excluding carboxylic acids is 1. The van der Waals surface area contributed by atoms with E-state index in [-0.39, 0.29) is 11.6 Å². The van der Waals surface area contributed by atoms with Gasteiger partial charge < -0.3 is 11.1 Å². The molecule has 0 aliphatic heterocycles. The van der Waals surface area contributed by atoms with Crippen LogP contribution in [0.2, 0.25) is 5.02 Å². The second kappa shape index (κ2) is 5.85. The Bertz CT molecular complexity index is 729. The van der Waals surface area contributed by atoms with Gasteiger partial charge in [-0.2, -0.15) is 10.4 Å². The first-order valence-electron chi connectivity index (χ1n) is 6.28. The van der Waals surface area contributed by atoms with Gasteiger partial charge in [-0.15, -0.1) is 0 Å². The average molecular weight is 304 g/mol. The first kappa shape index (κ1) is 14.9. The lowest BCUT2D eigenvalue weighted by Gasteiger charge is -2.07. The maximum Gasteiger partial charge on any atom is 0.278 e. The van der Waals surface area contributed by atoms with Gasteiger partial charge in [0.1, 0.15) is 6.07 Å². The number of carbonyl (C=O) groups is 1. The Balaban J connectivity index is 2.31. The van der Waals surface area contributed by atoms with Crippen molar-refractivity contribution in [2.45, 2.75) is 19.8 Å². The summed E-state index contributed by atoms with van der Waals surface area (Å²) in [5.74, 6) is -0.366. The van der Waals surface area contributed by atoms with E-state index in [0.717, 1.165) is 0 Å². The highest BCUT2D eigenvalue weighted by Crippen LogP contribution is 2.24. The molecular weight excluding hydrogens is 290 g/mol. The lowest BCUT2D eigenvalue weighted by atomic mass is 10.1. The molecule has 1 aromatic heterocycles. The van der Waals surface area contributed by atoms with Crippen LogP contribution >= 0.6 is 11.6 Å². The van der Waals surface area contributed by atoms with Crippen LogP contribution in [0, 0.1) is 11.3 Å². The van der Waals surface area contributed by atoms with Gasteiger partial charge in [-0.1, -0.05) is 25.4 Å². The highest BCUT2D eigenvalue weighted by Gasteiger charge is 2.19. The number of nitrogen functional groups attached to an aromatic ring is 1. The van der Waals surface area contributed by atoms with Crippen molar-refractivity contribution in [1.29, 1.82) is 5.26 Å². The summed E-state index contributed by atoms with van der Waals surface area (Å²) in [6, 6.07) is 6.60. The van der Waals surface area contributed by atoms with Gasteiger partial charge in [0.05, 0.1) is 22.6 Å². The normalized spacial score (nSPS) is 10.4. The average Bonchev–Trinajstić information content (AvgIpc) is 2.81. The van der Waals surface area contributed by atoms with Crippen LogP contribution in [0.25, 0.3) is 0 Å². The van der Waals surface area contributed by atoms with Crippen LogP contribution in [-0.2, 0) is 0 Å². The minimum absolute atomic E-state index is 0.0996. The molecule has 7 heteroatoms. The number of rotatable bonds is 3. The van der Waals surface area contributed by atoms with E-state index in [1.165, 1.54) is 12.1 Å². The number of aromatic nitrogens is 2. The first-order valence-corrected chi connectivity index (χ1v) is 6.66. The van der Waals surface area contributed by atoms with E-state index in [0.29, 0.717) is 27.7 Å². The van der Waals surface area contributed by atoms with E-state index in [9.17, 15) is 4.79 Å². The van der Waals surface area contributed by atoms with Crippen molar-refractivity contribution in [3.63, 3.8) is 0 Å². The topological polar surface area (TPSA) is 108 Å². The lowest BCUT2D eigenvalue weighted by Crippen LogP contribution is -2.15. The van der Waals surface area contributed by atoms with E-state index >= 15 is 0 Å². The summed E-state index contributed by atoms with van der Waals surface area (Å²) in [6.07, 6.45) is 0. The Morgan fingerprint density at radius 2 is 2.24 bits per heavy atom. The molecule has 21 heavy (non-hydrogen) atoms. The molecular formula is C14H14ClN5O. The van der Waals surface area contributed by atoms with Crippen LogP contribution < -0.4 is 11.1 Å². The summed E-state index contributed by atoms with van der Waals surface area (Å²) < 4.78 is 0. The largest absolute Gasteiger partial charge is 0.395 e. The Hall–Kier alpha value is -2.52. The van der Waals surface area contributed by atoms with Crippen molar-refractivity contribution in [3.8, 4) is 6.07 Å². The van der Waals surface area contributed by atoms with E-state index < -0.39 is 5.91 Å². The minimum Gasteiger partial charge on any atom is -0.395 e. The number of amides is 1. The maximum atomic E-state index is 12.2. The fraction of sp³-hybridized carbons (Fsp3) is 0.214. The fourth-order valence-electron chi connectivity index (χ4n) is 1.88. The van der Waals surface area contributed by atoms with E-state index in [2.05, 4.69) is 15.5 Å². The number of benzene rings is 1. The molecule has 0 fully saturated rings. The van der Waals surface area contributed by atoms with Crippen LogP contribution in [0.1, 0.15) is 41.5 Å². The molecule has 1 heterocycles. The Morgan fingerprint density at radius 1 is 1.52 bits per heavy atom. The van der Waals surface area contributed by atoms with Gasteiger partial charge in [0.25, 0.3) is 5.91 Å². The summed E-state index contributed by atoms with van der Waals surface area (Å²) in [7, 11) is 0. The summed E-state index contributed by atoms with van der Waals surface area (Å²) in [5, 5.41) is 18.7. The highest BCUT2D eigenvalue weighted by atomic mass is 35.5. The number of hydrogen-bond acceptors (Lipinski definition) is 4. The molecule has 2 rings (SSSR count). The van der Waals surface area contributed by atoms with E-state index in [1.54, 1.807) is 6.07 Å². The van der Waals surface area contributed by atoms with Crippen LogP contribution in [0.5, 0.6) is 0 Å². The molecule has 0 atom stereocenters. The molecule has 0 radical (unpaired) electrons. The summed E-state index contributed by atoms with van der Waals surface area (Å²) in [6.45, 7) is 3.88. The van der Waals surface area contributed by atoms with Crippen molar-refractivity contribution < 1.29 is 4.79 Å². The molecule has 6 nitrogen and oxygen atoms in total. The summed E-state index contributed by atoms with van der Waals surface area (Å²) >= 11 is 5.87. The molecule has 0 aliphatic carbocycles. The second-order valence-electron chi connectivity index (χ2n) is 4.81. The fourth-order valence-corrected chi connectivity index (χ4v) is 2.05. The highest BCUT2D eigenvalue weighted by molar-refractivity contribution is 6.31. The molecule has 2 aromatic rings. The smallest absolute Gasteiger partial charge is 0.278 e. The van der Waals surface area contributed by atoms with Gasteiger partial charge in [0, 0.05) is 5.02 Å². The molecule has 108 valence electrons. The Morgan fingerprint density at radius 3 is 2.81 bits per heavy atom. The third-order valence-corrected chi connectivity index (χ3v) is 3.21. The van der Waals surface area contributed by atoms with Crippen LogP contribution in [0.4, 0.5) is 11.4 Å². The predicted molar refractivity (Wildman–Crippen MR) is 81.2 cm³/mol. The van der Waals surface area contributed by atoms with Crippen LogP contribution in [-0.4, -0.2) is 16.1 Å². The lowest BCUT2D eigenvalue weighted by molar-refractivity contribution is 0.102. The van der Waals surface area contributed by atoms with Crippen molar-refractivity contribution in [2.24, 2.45) is 0 Å². The van der Waals surface area contributed by atoms with Crippen molar-refractivity contribution >= 4 is 28.9 Å². The standard InChI is InChI=1S/C14H14ClN5O/c1-7(2)12-11(17)13(20-19-12)14(21)18-10-5-9(15)4-3-8(10)6-16/h3-5,7H,17H2,1-2H3,(H,18,21)(H,19,20). The van der Waals surface area contributed by atoms with Crippen molar-refractivity contribution in [3.05, 3.63) is 40.2 Å². The number of nitriles is 1. The van der Waals surface area contributed by atoms with Crippen LogP contribution in [0.3, 0.4) is 0 Å². The number of aromatic amines is 1. The van der Waals surface area contributed by atoms with E-state index in [1.807, 2.05) is 19.9 Å². The third-order valence-electron chi connectivity index (χ3n) is 2.98. The number of nitrogens with zero attached hydrogens (tertiary/aromatic N) is 2. The monoisotopic (exact) mass is 303 g/mol. The number of anilines is 2. The molecule has 0 unspecified atom stereocenters. The quantitative estimate of drug-likeness (QED) is 0.810. The van der Waals surface area contributed by atoms with Gasteiger partial charge in [0.2, 0.25) is 0 Å². The molecule has 4 N–H and O–H groups in total. The van der Waals surface area contributed by atoms with Crippen molar-refractivity contribution in [2.75, 3.05) is 11.1 Å². The molecule has 0 saturated carbocycles. The first-order chi connectivity index (χ1) is 9.93. The zero-order chi connectivity index (χ0) is 15.6. The van der Waals surface area contributed by atoms with Crippen molar-refractivity contribution in [1.82, 2.24) is 10.2 Å². The number of hydrogen-bond donors (Lipinski definition) is 3. The number of H-pyrrole nitrogens is 1. The SMILES string of the molecule is CC(C)c1[nH]nc(C(=O)Nc2cc(Cl)ccc2C#N)c1N. The molecule has 1 aromatic carbocycles. The van der Waals surface area contributed by atoms with Gasteiger partial charge >= 0.3 is 0 Å². The summed E-state index contributed by atoms with van der Waals surface area (Å²) in [5.41, 5.74) is 7.66. The van der Waals surface area contributed by atoms with Crippen LogP contribution in [0.15, 0.2) is 18.2 Å². The number of halogens is 1. The number of nitrogens with two attached hydrogens (primary N) is 1. The maximum absolute atomic E-state index is 12.2. The van der Waals surface area contributed by atoms with E-state index in [4.69, 9.17) is 22.6 Å². The zero-order valence-electron chi connectivity index (χ0n) is 11.6. The third kappa shape index (κ3) is 2.98.